The van der Waals surface area contributed by atoms with Crippen molar-refractivity contribution in [3.63, 3.8) is 0 Å². The molecule has 1 aliphatic heterocycles. The van der Waals surface area contributed by atoms with Crippen molar-refractivity contribution >= 4 is 39.3 Å². The molecule has 10 heteroatoms. The zero-order valence-corrected chi connectivity index (χ0v) is 20.2. The molecular formula is C22H29N3O5S2. The quantitative estimate of drug-likeness (QED) is 0.526. The van der Waals surface area contributed by atoms with Crippen LogP contribution >= 0.6 is 11.8 Å². The summed E-state index contributed by atoms with van der Waals surface area (Å²) in [6, 6.07) is 7.77. The van der Waals surface area contributed by atoms with Gasteiger partial charge in [-0.15, -0.1) is 0 Å². The molecule has 1 aromatic heterocycles. The van der Waals surface area contributed by atoms with E-state index in [-0.39, 0.29) is 23.1 Å². The second-order valence-electron chi connectivity index (χ2n) is 7.41. The summed E-state index contributed by atoms with van der Waals surface area (Å²) >= 11 is 1.64. The molecule has 0 fully saturated rings. The fourth-order valence-electron chi connectivity index (χ4n) is 3.83. The van der Waals surface area contributed by atoms with E-state index in [4.69, 9.17) is 4.42 Å². The number of hydrogen-bond acceptors (Lipinski definition) is 6. The van der Waals surface area contributed by atoms with Crippen LogP contribution in [0.1, 0.15) is 32.1 Å². The van der Waals surface area contributed by atoms with E-state index in [9.17, 15) is 18.0 Å². The van der Waals surface area contributed by atoms with Crippen LogP contribution in [0.4, 0.5) is 5.69 Å². The normalized spacial score (nSPS) is 15.8. The standard InChI is InChI=1S/C22H29N3O5S2/c1-4-24(5-2)32(28,29)19-8-9-20-17(13-19)14-21(25(20)16(3)26)22(27)23-10-12-31-15-18-7-6-11-30-18/h6-9,11,13,21H,4-5,10,12,14-15H2,1-3H3,(H,23,27)/t21-/m0/s1. The summed E-state index contributed by atoms with van der Waals surface area (Å²) in [5.41, 5.74) is 1.27. The van der Waals surface area contributed by atoms with Crippen molar-refractivity contribution in [2.45, 2.75) is 43.9 Å². The number of fused-ring (bicyclic) bond motifs is 1. The average Bonchev–Trinajstić information content (AvgIpc) is 3.41. The first kappa shape index (κ1) is 24.3. The first-order valence-corrected chi connectivity index (χ1v) is 13.2. The Morgan fingerprint density at radius 2 is 2.00 bits per heavy atom. The third-order valence-electron chi connectivity index (χ3n) is 5.39. The van der Waals surface area contributed by atoms with Gasteiger partial charge in [0.15, 0.2) is 0 Å². The molecule has 1 aliphatic rings. The van der Waals surface area contributed by atoms with Crippen molar-refractivity contribution < 1.29 is 22.4 Å². The van der Waals surface area contributed by atoms with Crippen LogP contribution in [-0.4, -0.2) is 56.0 Å². The van der Waals surface area contributed by atoms with Gasteiger partial charge in [-0.2, -0.15) is 16.1 Å². The molecule has 2 aromatic rings. The predicted octanol–water partition coefficient (Wildman–Crippen LogP) is 2.64. The van der Waals surface area contributed by atoms with E-state index >= 15 is 0 Å². The highest BCUT2D eigenvalue weighted by Crippen LogP contribution is 2.35. The fourth-order valence-corrected chi connectivity index (χ4v) is 6.10. The van der Waals surface area contributed by atoms with Gasteiger partial charge < -0.3 is 9.73 Å². The van der Waals surface area contributed by atoms with Crippen molar-refractivity contribution in [2.24, 2.45) is 0 Å². The molecule has 1 aromatic carbocycles. The number of hydrogen-bond donors (Lipinski definition) is 1. The minimum atomic E-state index is -3.62. The summed E-state index contributed by atoms with van der Waals surface area (Å²) in [6.07, 6.45) is 1.91. The van der Waals surface area contributed by atoms with Gasteiger partial charge in [-0.1, -0.05) is 13.8 Å². The third kappa shape index (κ3) is 5.19. The summed E-state index contributed by atoms with van der Waals surface area (Å²) in [7, 11) is -3.62. The highest BCUT2D eigenvalue weighted by atomic mass is 32.2. The van der Waals surface area contributed by atoms with Gasteiger partial charge in [0.25, 0.3) is 0 Å². The molecule has 0 spiro atoms. The molecule has 0 radical (unpaired) electrons. The molecule has 3 rings (SSSR count). The van der Waals surface area contributed by atoms with Crippen LogP contribution in [0.5, 0.6) is 0 Å². The minimum Gasteiger partial charge on any atom is -0.468 e. The summed E-state index contributed by atoms with van der Waals surface area (Å²) in [6.45, 7) is 6.20. The molecule has 8 nitrogen and oxygen atoms in total. The zero-order valence-electron chi connectivity index (χ0n) is 18.5. The molecule has 2 amide bonds. The molecule has 2 heterocycles. The third-order valence-corrected chi connectivity index (χ3v) is 8.42. The molecule has 0 saturated carbocycles. The molecule has 32 heavy (non-hydrogen) atoms. The summed E-state index contributed by atoms with van der Waals surface area (Å²) in [4.78, 5) is 26.8. The Kier molecular flexibility index (Phi) is 8.02. The SMILES string of the molecule is CCN(CC)S(=O)(=O)c1ccc2c(c1)C[C@@H](C(=O)NCCSCc1ccco1)N2C(C)=O. The first-order valence-electron chi connectivity index (χ1n) is 10.6. The maximum Gasteiger partial charge on any atom is 0.243 e. The number of sulfonamides is 1. The maximum atomic E-state index is 12.9. The number of rotatable bonds is 10. The van der Waals surface area contributed by atoms with Crippen LogP contribution < -0.4 is 10.2 Å². The van der Waals surface area contributed by atoms with Gasteiger partial charge in [0.2, 0.25) is 21.8 Å². The lowest BCUT2D eigenvalue weighted by molar-refractivity contribution is -0.125. The molecule has 0 unspecified atom stereocenters. The second kappa shape index (κ2) is 10.5. The van der Waals surface area contributed by atoms with Crippen LogP contribution in [-0.2, 0) is 31.8 Å². The first-order chi connectivity index (χ1) is 15.3. The van der Waals surface area contributed by atoms with Crippen LogP contribution in [0.15, 0.2) is 45.9 Å². The Bertz CT molecular complexity index is 1050. The Morgan fingerprint density at radius 3 is 2.62 bits per heavy atom. The topological polar surface area (TPSA) is 99.9 Å². The molecule has 0 bridgehead atoms. The Morgan fingerprint density at radius 1 is 1.25 bits per heavy atom. The number of thioether (sulfide) groups is 1. The molecule has 174 valence electrons. The van der Waals surface area contributed by atoms with E-state index in [1.807, 2.05) is 12.1 Å². The van der Waals surface area contributed by atoms with Gasteiger partial charge in [0.05, 0.1) is 16.9 Å². The fraction of sp³-hybridized carbons (Fsp3) is 0.455. The van der Waals surface area contributed by atoms with Gasteiger partial charge in [-0.3, -0.25) is 14.5 Å². The van der Waals surface area contributed by atoms with E-state index in [1.165, 1.54) is 22.2 Å². The van der Waals surface area contributed by atoms with Crippen LogP contribution in [0.3, 0.4) is 0 Å². The zero-order chi connectivity index (χ0) is 23.3. The monoisotopic (exact) mass is 479 g/mol. The van der Waals surface area contributed by atoms with Crippen LogP contribution in [0.25, 0.3) is 0 Å². The van der Waals surface area contributed by atoms with Crippen molar-refractivity contribution in [1.29, 1.82) is 0 Å². The molecule has 1 N–H and O–H groups in total. The number of amides is 2. The van der Waals surface area contributed by atoms with E-state index in [1.54, 1.807) is 44.0 Å². The summed E-state index contributed by atoms with van der Waals surface area (Å²) < 4.78 is 32.4. The van der Waals surface area contributed by atoms with Crippen molar-refractivity contribution in [3.05, 3.63) is 47.9 Å². The van der Waals surface area contributed by atoms with Crippen molar-refractivity contribution in [1.82, 2.24) is 9.62 Å². The van der Waals surface area contributed by atoms with Gasteiger partial charge in [0.1, 0.15) is 11.8 Å². The maximum absolute atomic E-state index is 12.9. The van der Waals surface area contributed by atoms with Crippen molar-refractivity contribution in [2.75, 3.05) is 30.3 Å². The van der Waals surface area contributed by atoms with Gasteiger partial charge in [-0.05, 0) is 35.9 Å². The highest BCUT2D eigenvalue weighted by Gasteiger charge is 2.37. The Labute approximate surface area is 193 Å². The Balaban J connectivity index is 1.67. The number of anilines is 1. The smallest absolute Gasteiger partial charge is 0.243 e. The number of benzene rings is 1. The van der Waals surface area contributed by atoms with E-state index in [0.717, 1.165) is 11.5 Å². The van der Waals surface area contributed by atoms with Gasteiger partial charge >= 0.3 is 0 Å². The highest BCUT2D eigenvalue weighted by molar-refractivity contribution is 7.98. The lowest BCUT2D eigenvalue weighted by atomic mass is 10.1. The number of nitrogens with zero attached hydrogens (tertiary/aromatic N) is 2. The molecule has 1 atom stereocenters. The lowest BCUT2D eigenvalue weighted by Gasteiger charge is -2.23. The predicted molar refractivity (Wildman–Crippen MR) is 125 cm³/mol. The second-order valence-corrected chi connectivity index (χ2v) is 10.5. The summed E-state index contributed by atoms with van der Waals surface area (Å²) in [5, 5.41) is 2.90. The largest absolute Gasteiger partial charge is 0.468 e. The summed E-state index contributed by atoms with van der Waals surface area (Å²) in [5.74, 6) is 1.81. The molecule has 0 aliphatic carbocycles. The lowest BCUT2D eigenvalue weighted by Crippen LogP contribution is -2.47. The molecule has 0 saturated heterocycles. The van der Waals surface area contributed by atoms with Gasteiger partial charge in [-0.25, -0.2) is 8.42 Å². The van der Waals surface area contributed by atoms with E-state index in [0.29, 0.717) is 36.6 Å². The number of nitrogens with one attached hydrogen (secondary N) is 1. The average molecular weight is 480 g/mol. The Hall–Kier alpha value is -2.30. The number of furan rings is 1. The number of carbonyl (C=O) groups is 2. The van der Waals surface area contributed by atoms with Crippen molar-refractivity contribution in [3.8, 4) is 0 Å². The number of carbonyl (C=O) groups excluding carboxylic acids is 2. The van der Waals surface area contributed by atoms with Crippen LogP contribution in [0, 0.1) is 0 Å². The van der Waals surface area contributed by atoms with Gasteiger partial charge in [0, 0.05) is 44.4 Å². The van der Waals surface area contributed by atoms with Crippen LogP contribution in [0.2, 0.25) is 0 Å². The molecular weight excluding hydrogens is 450 g/mol. The van der Waals surface area contributed by atoms with E-state index in [2.05, 4.69) is 5.32 Å². The minimum absolute atomic E-state index is 0.179. The van der Waals surface area contributed by atoms with E-state index < -0.39 is 16.1 Å².